The van der Waals surface area contributed by atoms with E-state index in [9.17, 15) is 25.2 Å². The number of piperidine rings is 3. The van der Waals surface area contributed by atoms with Crippen LogP contribution >= 0.6 is 45.8 Å². The van der Waals surface area contributed by atoms with Crippen LogP contribution in [-0.2, 0) is 34.1 Å². The topological polar surface area (TPSA) is 231 Å². The molecule has 5 aromatic rings. The molecule has 0 unspecified atom stereocenters. The van der Waals surface area contributed by atoms with Crippen molar-refractivity contribution in [3.8, 4) is 39.9 Å². The van der Waals surface area contributed by atoms with Crippen molar-refractivity contribution < 1.29 is 52.2 Å². The van der Waals surface area contributed by atoms with Crippen LogP contribution in [0.4, 0.5) is 0 Å². The van der Waals surface area contributed by atoms with Gasteiger partial charge in [0, 0.05) is 78.7 Å². The molecule has 1 aromatic heterocycles. The molecule has 1 amide bonds. The highest BCUT2D eigenvalue weighted by Gasteiger charge is 2.65. The molecule has 4 aromatic carbocycles. The second-order valence-corrected chi connectivity index (χ2v) is 24.6. The molecule has 4 aliphatic carbocycles. The van der Waals surface area contributed by atoms with Crippen molar-refractivity contribution in [2.24, 2.45) is 11.8 Å². The summed E-state index contributed by atoms with van der Waals surface area (Å²) < 4.78 is 46.6. The predicted octanol–water partition coefficient (Wildman–Crippen LogP) is 7.63. The Hall–Kier alpha value is -4.78. The van der Waals surface area contributed by atoms with Gasteiger partial charge in [0.25, 0.3) is 5.91 Å². The molecule has 14 rings (SSSR count). The maximum Gasteiger partial charge on any atom is 0.394 e. The Morgan fingerprint density at radius 3 is 1.74 bits per heavy atom. The Kier molecular flexibility index (Phi) is 14.6. The molecule has 2 spiro atoms. The molecule has 4 bridgehead atoms. The summed E-state index contributed by atoms with van der Waals surface area (Å²) in [7, 11) is -0.291. The van der Waals surface area contributed by atoms with Gasteiger partial charge in [-0.05, 0) is 149 Å². The highest BCUT2D eigenvalue weighted by atomic mass is 127. The van der Waals surface area contributed by atoms with Crippen molar-refractivity contribution in [2.45, 2.75) is 99.2 Å². The summed E-state index contributed by atoms with van der Waals surface area (Å²) in [6.45, 7) is 5.66. The summed E-state index contributed by atoms with van der Waals surface area (Å²) in [6, 6.07) is 21.8. The fourth-order valence-electron chi connectivity index (χ4n) is 14.2. The van der Waals surface area contributed by atoms with Gasteiger partial charge in [0.15, 0.2) is 28.7 Å². The summed E-state index contributed by atoms with van der Waals surface area (Å²) in [5, 5.41) is 49.0. The van der Waals surface area contributed by atoms with Crippen molar-refractivity contribution in [2.75, 3.05) is 40.3 Å². The van der Waals surface area contributed by atoms with Crippen LogP contribution in [-0.4, -0.2) is 145 Å². The number of likely N-dealkylation sites (tertiary alicyclic amines) is 2. The molecule has 21 heteroatoms. The summed E-state index contributed by atoms with van der Waals surface area (Å²) in [4.78, 5) is 17.9. The lowest BCUT2D eigenvalue weighted by molar-refractivity contribution is -0.0453. The normalized spacial score (nSPS) is 29.7. The summed E-state index contributed by atoms with van der Waals surface area (Å²) in [5.74, 6) is 2.17. The van der Waals surface area contributed by atoms with Gasteiger partial charge >= 0.3 is 10.4 Å². The van der Waals surface area contributed by atoms with E-state index >= 15 is 0 Å². The molecule has 5 aliphatic heterocycles. The molecule has 3 saturated heterocycles. The fraction of sp³-hybridized carbons (Fsp3) is 0.429. The lowest BCUT2D eigenvalue weighted by Crippen LogP contribution is -2.64. The number of halogens is 3. The second kappa shape index (κ2) is 20.7. The smallest absolute Gasteiger partial charge is 0.394 e. The summed E-state index contributed by atoms with van der Waals surface area (Å²) in [5.41, 5.74) is 11.3. The first-order valence-electron chi connectivity index (χ1n) is 25.9. The maximum absolute atomic E-state index is 13.1. The number of carbonyl (C=O) groups is 1. The van der Waals surface area contributed by atoms with Gasteiger partial charge in [-0.25, -0.2) is 9.69 Å². The Morgan fingerprint density at radius 2 is 1.25 bits per heavy atom. The van der Waals surface area contributed by atoms with Gasteiger partial charge in [0.1, 0.15) is 24.4 Å². The van der Waals surface area contributed by atoms with Gasteiger partial charge in [-0.1, -0.05) is 78.2 Å². The highest BCUT2D eigenvalue weighted by Crippen LogP contribution is 2.64. The number of nitrogens with zero attached hydrogens (tertiary/aromatic N) is 5. The van der Waals surface area contributed by atoms with E-state index in [1.165, 1.54) is 28.7 Å². The maximum atomic E-state index is 13.1. The van der Waals surface area contributed by atoms with Crippen LogP contribution in [0.2, 0.25) is 10.0 Å². The van der Waals surface area contributed by atoms with E-state index in [2.05, 4.69) is 69.2 Å². The minimum atomic E-state index is -4.67. The van der Waals surface area contributed by atoms with Crippen molar-refractivity contribution in [1.82, 2.24) is 30.0 Å². The number of phenols is 2. The Labute approximate surface area is 470 Å². The van der Waals surface area contributed by atoms with Crippen LogP contribution in [0, 0.1) is 22.3 Å². The summed E-state index contributed by atoms with van der Waals surface area (Å²) >= 11 is 14.9. The van der Waals surface area contributed by atoms with Crippen molar-refractivity contribution in [3.05, 3.63) is 138 Å². The number of aliphatic hydroxyl groups is 2. The van der Waals surface area contributed by atoms with Crippen molar-refractivity contribution >= 4 is 62.1 Å². The number of carbonyl (C=O) groups excluding carboxylic acids is 1. The number of likely N-dealkylation sites (N-methyl/N-ethyl adjacent to an activating group) is 2. The van der Waals surface area contributed by atoms with Gasteiger partial charge in [0.2, 0.25) is 0 Å². The van der Waals surface area contributed by atoms with Crippen LogP contribution in [0.1, 0.15) is 70.4 Å². The zero-order valence-corrected chi connectivity index (χ0v) is 47.0. The number of aliphatic hydroxyl groups excluding tert-OH is 2. The molecule has 0 radical (unpaired) electrons. The predicted molar refractivity (Wildman–Crippen MR) is 299 cm³/mol. The molecule has 0 saturated carbocycles. The van der Waals surface area contributed by atoms with Crippen LogP contribution in [0.5, 0.6) is 23.0 Å². The highest BCUT2D eigenvalue weighted by molar-refractivity contribution is 14.1. The van der Waals surface area contributed by atoms with Gasteiger partial charge in [-0.15, -0.1) is 0 Å². The number of ether oxygens (including phenoxy) is 2. The van der Waals surface area contributed by atoms with E-state index in [0.29, 0.717) is 56.8 Å². The van der Waals surface area contributed by atoms with E-state index < -0.39 is 22.6 Å². The van der Waals surface area contributed by atoms with Gasteiger partial charge in [-0.3, -0.25) is 19.3 Å². The minimum Gasteiger partial charge on any atom is -0.504 e. The number of hydrogen-bond acceptors (Lipinski definition) is 13. The van der Waals surface area contributed by atoms with E-state index in [0.717, 1.165) is 85.1 Å². The molecule has 408 valence electrons. The standard InChI is InChI=1S/C22H21Cl2IN4O.2C17H19NO3.H2O4S/c1-14-20(22(30)27-28-11-3-2-4-12-28)26-29(19-10-7-16(23)13-18(19)24)21(14)15-5-8-17(25)9-6-15;2*1-18-7-6-17-10-3-5-13(20)16(17)21-15-12(19)4-2-9(14(15)17)8-11(10)18;1-5(2,3)4/h5-10,13H,2-4,11-12H2,1H3,(H,27,30);2*2-5,10-11,13,16,19-20H,6-8H2,1H3;(H2,1,2,3,4)/t;2*10-,11+,13-,16-,17-;/m.00./s1. The lowest BCUT2D eigenvalue weighted by atomic mass is 9.53. The first kappa shape index (κ1) is 54.2. The zero-order valence-electron chi connectivity index (χ0n) is 42.6. The Balaban J connectivity index is 0.000000120. The largest absolute Gasteiger partial charge is 0.504 e. The number of rotatable bonds is 4. The van der Waals surface area contributed by atoms with E-state index in [-0.39, 0.29) is 40.4 Å². The molecule has 9 aliphatic rings. The van der Waals surface area contributed by atoms with Gasteiger partial charge in [-0.2, -0.15) is 13.5 Å². The third-order valence-corrected chi connectivity index (χ3v) is 18.8. The average Bonchev–Trinajstić information content (AvgIpc) is 4.06. The second-order valence-electron chi connectivity index (χ2n) is 21.6. The number of benzene rings is 4. The van der Waals surface area contributed by atoms with E-state index in [1.54, 1.807) is 28.9 Å². The third kappa shape index (κ3) is 9.43. The van der Waals surface area contributed by atoms with E-state index in [1.807, 2.05) is 66.5 Å². The van der Waals surface area contributed by atoms with Crippen LogP contribution < -0.4 is 14.9 Å². The van der Waals surface area contributed by atoms with Gasteiger partial charge < -0.3 is 39.7 Å². The zero-order chi connectivity index (χ0) is 54.5. The lowest BCUT2D eigenvalue weighted by Gasteiger charge is -2.56. The Bertz CT molecular complexity index is 3200. The van der Waals surface area contributed by atoms with Crippen molar-refractivity contribution in [3.63, 3.8) is 0 Å². The number of aromatic hydroxyl groups is 2. The molecule has 6 heterocycles. The number of hydrazine groups is 1. The molecule has 10 atom stereocenters. The molecular formula is C56H61Cl2IN6O11S. The fourth-order valence-corrected chi connectivity index (χ4v) is 15.0. The minimum absolute atomic E-state index is 0.160. The first-order chi connectivity index (χ1) is 36.7. The van der Waals surface area contributed by atoms with Gasteiger partial charge in [0.05, 0.1) is 16.4 Å². The monoisotopic (exact) mass is 1220 g/mol. The van der Waals surface area contributed by atoms with Crippen molar-refractivity contribution in [1.29, 1.82) is 0 Å². The molecule has 3 fully saturated rings. The third-order valence-electron chi connectivity index (χ3n) is 17.5. The van der Waals surface area contributed by atoms with E-state index in [4.69, 9.17) is 50.2 Å². The van der Waals surface area contributed by atoms with Crippen LogP contribution in [0.3, 0.4) is 0 Å². The first-order valence-corrected chi connectivity index (χ1v) is 29.2. The molecule has 7 N–H and O–H groups in total. The number of hydrogen-bond donors (Lipinski definition) is 7. The Morgan fingerprint density at radius 1 is 0.740 bits per heavy atom. The molecule has 77 heavy (non-hydrogen) atoms. The van der Waals surface area contributed by atoms with Crippen LogP contribution in [0.25, 0.3) is 16.9 Å². The molecule has 17 nitrogen and oxygen atoms in total. The molecular weight excluding hydrogens is 1160 g/mol. The summed E-state index contributed by atoms with van der Waals surface area (Å²) in [6.07, 6.45) is 13.7. The SMILES string of the molecule is CN1CC[C@]23c4c5ccc(O)c4O[C@H]2[C@@H](O)C=C[C@H]3[C@H]1C5.CN1CC[C@]23c4c5ccc(O)c4O[C@H]2[C@@H](O)C=C[C@H]3[C@H]1C5.Cc1c(C(=O)NN2CCCCC2)nn(-c2ccc(Cl)cc2Cl)c1-c1ccc(I)cc1.O=S(=O)(O)O. The quantitative estimate of drug-likeness (QED) is 0.0521. The van der Waals surface area contributed by atoms with Crippen LogP contribution in [0.15, 0.2) is 91.0 Å². The number of amides is 1. The number of nitrogens with one attached hydrogen (secondary N) is 1. The number of phenolic OH excluding ortho intramolecular Hbond substituents is 2. The number of aromatic nitrogens is 2. The average molecular weight is 1220 g/mol.